The van der Waals surface area contributed by atoms with Gasteiger partial charge >= 0.3 is 5.97 Å². The molecule has 1 aromatic carbocycles. The minimum atomic E-state index is -0.193. The first kappa shape index (κ1) is 10.9. The lowest BCUT2D eigenvalue weighted by molar-refractivity contribution is -0.147. The summed E-state index contributed by atoms with van der Waals surface area (Å²) < 4.78 is 5.37. The van der Waals surface area contributed by atoms with Crippen molar-refractivity contribution in [2.75, 3.05) is 0 Å². The third-order valence-corrected chi connectivity index (χ3v) is 2.86. The molecule has 1 aromatic rings. The highest BCUT2D eigenvalue weighted by Crippen LogP contribution is 2.30. The van der Waals surface area contributed by atoms with Gasteiger partial charge in [-0.1, -0.05) is 42.5 Å². The Morgan fingerprint density at radius 3 is 2.75 bits per heavy atom. The van der Waals surface area contributed by atoms with Gasteiger partial charge in [-0.05, 0) is 18.4 Å². The quantitative estimate of drug-likeness (QED) is 0.561. The number of benzene rings is 1. The van der Waals surface area contributed by atoms with Gasteiger partial charge in [-0.25, -0.2) is 0 Å². The number of hydrogen-bond acceptors (Lipinski definition) is 2. The van der Waals surface area contributed by atoms with E-state index < -0.39 is 0 Å². The highest BCUT2D eigenvalue weighted by molar-refractivity contribution is 5.66. The van der Waals surface area contributed by atoms with Crippen molar-refractivity contribution in [3.8, 4) is 0 Å². The Morgan fingerprint density at radius 2 is 2.06 bits per heavy atom. The van der Waals surface area contributed by atoms with E-state index in [2.05, 4.69) is 24.3 Å². The zero-order chi connectivity index (χ0) is 11.4. The highest BCUT2D eigenvalue weighted by Gasteiger charge is 2.25. The standard InChI is InChI=1S/C14H16O2/c1-11(15)16-14-10-6-5-9-13(14)12-7-3-2-4-8-12/h2-5,7-9,13-14H,6,10H2,1H3/t13-,14+/m1/s1. The summed E-state index contributed by atoms with van der Waals surface area (Å²) in [6.07, 6.45) is 6.20. The van der Waals surface area contributed by atoms with Crippen LogP contribution < -0.4 is 0 Å². The number of carbonyl (C=O) groups is 1. The first-order valence-electron chi connectivity index (χ1n) is 5.66. The zero-order valence-corrected chi connectivity index (χ0v) is 9.43. The second kappa shape index (κ2) is 4.97. The number of hydrogen-bond donors (Lipinski definition) is 0. The summed E-state index contributed by atoms with van der Waals surface area (Å²) in [5.74, 6) is 0.0140. The van der Waals surface area contributed by atoms with E-state index in [-0.39, 0.29) is 18.0 Å². The average molecular weight is 216 g/mol. The molecule has 0 heterocycles. The maximum atomic E-state index is 11.0. The zero-order valence-electron chi connectivity index (χ0n) is 9.43. The molecular weight excluding hydrogens is 200 g/mol. The van der Waals surface area contributed by atoms with Crippen LogP contribution in [0.4, 0.5) is 0 Å². The van der Waals surface area contributed by atoms with Gasteiger partial charge in [-0.15, -0.1) is 0 Å². The second-order valence-electron chi connectivity index (χ2n) is 4.09. The molecule has 0 aromatic heterocycles. The lowest BCUT2D eigenvalue weighted by atomic mass is 9.86. The molecule has 2 rings (SSSR count). The SMILES string of the molecule is CC(=O)O[C@H]1CCC=C[C@@H]1c1ccccc1. The third-order valence-electron chi connectivity index (χ3n) is 2.86. The van der Waals surface area contributed by atoms with Crippen LogP contribution in [0.2, 0.25) is 0 Å². The molecule has 0 spiro atoms. The van der Waals surface area contributed by atoms with Crippen LogP contribution >= 0.6 is 0 Å². The van der Waals surface area contributed by atoms with Crippen molar-refractivity contribution >= 4 is 5.97 Å². The summed E-state index contributed by atoms with van der Waals surface area (Å²) in [6.45, 7) is 1.47. The van der Waals surface area contributed by atoms with E-state index in [1.54, 1.807) is 0 Å². The molecule has 84 valence electrons. The molecule has 2 atom stereocenters. The van der Waals surface area contributed by atoms with Gasteiger partial charge in [0.15, 0.2) is 0 Å². The molecule has 1 aliphatic carbocycles. The first-order chi connectivity index (χ1) is 7.77. The van der Waals surface area contributed by atoms with E-state index >= 15 is 0 Å². The number of rotatable bonds is 2. The van der Waals surface area contributed by atoms with Crippen LogP contribution in [0.5, 0.6) is 0 Å². The number of ether oxygens (including phenoxy) is 1. The van der Waals surface area contributed by atoms with Gasteiger partial charge in [-0.3, -0.25) is 4.79 Å². The van der Waals surface area contributed by atoms with Crippen molar-refractivity contribution < 1.29 is 9.53 Å². The molecule has 0 saturated heterocycles. The maximum absolute atomic E-state index is 11.0. The Labute approximate surface area is 95.9 Å². The molecule has 0 bridgehead atoms. The molecule has 0 fully saturated rings. The van der Waals surface area contributed by atoms with Crippen LogP contribution in [0.1, 0.15) is 31.2 Å². The Morgan fingerprint density at radius 1 is 1.31 bits per heavy atom. The molecule has 2 heteroatoms. The van der Waals surface area contributed by atoms with Gasteiger partial charge in [0.05, 0.1) is 0 Å². The van der Waals surface area contributed by atoms with Gasteiger partial charge in [0.2, 0.25) is 0 Å². The number of esters is 1. The maximum Gasteiger partial charge on any atom is 0.302 e. The lowest BCUT2D eigenvalue weighted by Gasteiger charge is -2.27. The van der Waals surface area contributed by atoms with Crippen LogP contribution in [-0.4, -0.2) is 12.1 Å². The highest BCUT2D eigenvalue weighted by atomic mass is 16.5. The summed E-state index contributed by atoms with van der Waals surface area (Å²) in [5.41, 5.74) is 1.21. The van der Waals surface area contributed by atoms with Crippen LogP contribution in [-0.2, 0) is 9.53 Å². The van der Waals surface area contributed by atoms with E-state index in [0.717, 1.165) is 12.8 Å². The molecule has 0 aliphatic heterocycles. The molecule has 0 radical (unpaired) electrons. The second-order valence-corrected chi connectivity index (χ2v) is 4.09. The summed E-state index contributed by atoms with van der Waals surface area (Å²) in [7, 11) is 0. The largest absolute Gasteiger partial charge is 0.462 e. The van der Waals surface area contributed by atoms with Gasteiger partial charge in [0.1, 0.15) is 6.10 Å². The number of carbonyl (C=O) groups excluding carboxylic acids is 1. The fourth-order valence-corrected chi connectivity index (χ4v) is 2.15. The van der Waals surface area contributed by atoms with Crippen molar-refractivity contribution in [2.24, 2.45) is 0 Å². The molecule has 0 amide bonds. The fraction of sp³-hybridized carbons (Fsp3) is 0.357. The summed E-state index contributed by atoms with van der Waals surface area (Å²) in [6, 6.07) is 10.2. The average Bonchev–Trinajstić information content (AvgIpc) is 2.30. The minimum absolute atomic E-state index is 0.00935. The molecule has 0 unspecified atom stereocenters. The Kier molecular flexibility index (Phi) is 3.40. The Balaban J connectivity index is 2.19. The van der Waals surface area contributed by atoms with Gasteiger partial charge in [0, 0.05) is 12.8 Å². The Hall–Kier alpha value is -1.57. The molecular formula is C14H16O2. The molecule has 0 N–H and O–H groups in total. The predicted octanol–water partition coefficient (Wildman–Crippen LogP) is 3.05. The van der Waals surface area contributed by atoms with E-state index in [9.17, 15) is 4.79 Å². The van der Waals surface area contributed by atoms with Crippen LogP contribution in [0.3, 0.4) is 0 Å². The van der Waals surface area contributed by atoms with E-state index in [0.29, 0.717) is 0 Å². The van der Waals surface area contributed by atoms with E-state index in [1.807, 2.05) is 18.2 Å². The summed E-state index contributed by atoms with van der Waals surface area (Å²) in [4.78, 5) is 11.0. The fourth-order valence-electron chi connectivity index (χ4n) is 2.15. The van der Waals surface area contributed by atoms with Gasteiger partial charge < -0.3 is 4.74 Å². The van der Waals surface area contributed by atoms with Crippen LogP contribution in [0.25, 0.3) is 0 Å². The van der Waals surface area contributed by atoms with Crippen molar-refractivity contribution in [2.45, 2.75) is 31.8 Å². The summed E-state index contributed by atoms with van der Waals surface area (Å²) >= 11 is 0. The van der Waals surface area contributed by atoms with E-state index in [1.165, 1.54) is 12.5 Å². The monoisotopic (exact) mass is 216 g/mol. The molecule has 2 nitrogen and oxygen atoms in total. The van der Waals surface area contributed by atoms with Crippen molar-refractivity contribution in [3.63, 3.8) is 0 Å². The van der Waals surface area contributed by atoms with E-state index in [4.69, 9.17) is 4.74 Å². The molecule has 0 saturated carbocycles. The van der Waals surface area contributed by atoms with Gasteiger partial charge in [0.25, 0.3) is 0 Å². The van der Waals surface area contributed by atoms with Crippen molar-refractivity contribution in [3.05, 3.63) is 48.0 Å². The first-order valence-corrected chi connectivity index (χ1v) is 5.66. The van der Waals surface area contributed by atoms with Crippen molar-refractivity contribution in [1.29, 1.82) is 0 Å². The smallest absolute Gasteiger partial charge is 0.302 e. The lowest BCUT2D eigenvalue weighted by Crippen LogP contribution is -2.25. The van der Waals surface area contributed by atoms with Crippen molar-refractivity contribution in [1.82, 2.24) is 0 Å². The Bertz CT molecular complexity index is 381. The number of allylic oxidation sites excluding steroid dienone is 1. The molecule has 1 aliphatic rings. The topological polar surface area (TPSA) is 26.3 Å². The minimum Gasteiger partial charge on any atom is -0.462 e. The normalized spacial score (nSPS) is 24.1. The third kappa shape index (κ3) is 2.51. The molecule has 16 heavy (non-hydrogen) atoms. The summed E-state index contributed by atoms with van der Waals surface area (Å²) in [5, 5.41) is 0. The van der Waals surface area contributed by atoms with Gasteiger partial charge in [-0.2, -0.15) is 0 Å². The van der Waals surface area contributed by atoms with Crippen LogP contribution in [0, 0.1) is 0 Å². The van der Waals surface area contributed by atoms with Crippen LogP contribution in [0.15, 0.2) is 42.5 Å². The predicted molar refractivity (Wildman–Crippen MR) is 63.1 cm³/mol.